The van der Waals surface area contributed by atoms with E-state index in [0.717, 1.165) is 32.2 Å². The molecule has 164 valence electrons. The van der Waals surface area contributed by atoms with Crippen molar-refractivity contribution in [2.24, 2.45) is 7.05 Å². The molecule has 0 atom stereocenters. The van der Waals surface area contributed by atoms with Gasteiger partial charge in [-0.2, -0.15) is 5.10 Å². The number of nitrogens with zero attached hydrogens (tertiary/aromatic N) is 9. The molecule has 5 rings (SSSR count). The zero-order chi connectivity index (χ0) is 22.2. The van der Waals surface area contributed by atoms with E-state index in [1.165, 1.54) is 0 Å². The van der Waals surface area contributed by atoms with Crippen molar-refractivity contribution in [2.75, 3.05) is 11.9 Å². The van der Waals surface area contributed by atoms with Crippen LogP contribution in [0.2, 0.25) is 0 Å². The fourth-order valence-corrected chi connectivity index (χ4v) is 4.67. The average molecular weight is 450 g/mol. The predicted molar refractivity (Wildman–Crippen MR) is 122 cm³/mol. The number of imidazole rings is 1. The molecule has 5 aromatic rings. The van der Waals surface area contributed by atoms with Crippen LogP contribution in [0, 0.1) is 6.92 Å². The van der Waals surface area contributed by atoms with Gasteiger partial charge in [-0.1, -0.05) is 0 Å². The number of thiophene rings is 1. The molecule has 0 aromatic carbocycles. The Labute approximate surface area is 187 Å². The molecule has 2 N–H and O–H groups in total. The summed E-state index contributed by atoms with van der Waals surface area (Å²) in [4.78, 5) is 16.1. The third-order valence-electron chi connectivity index (χ3n) is 5.22. The third-order valence-corrected chi connectivity index (χ3v) is 6.43. The van der Waals surface area contributed by atoms with Crippen LogP contribution in [0.3, 0.4) is 0 Å². The number of tetrazole rings is 1. The number of nitrogens with one attached hydrogen (secondary N) is 2. The molecule has 0 spiro atoms. The van der Waals surface area contributed by atoms with Crippen LogP contribution in [0.15, 0.2) is 24.7 Å². The van der Waals surface area contributed by atoms with Crippen LogP contribution in [0.5, 0.6) is 0 Å². The Kier molecular flexibility index (Phi) is 5.13. The molecule has 0 bridgehead atoms. The summed E-state index contributed by atoms with van der Waals surface area (Å²) in [6.45, 7) is 6.95. The molecule has 32 heavy (non-hydrogen) atoms. The first-order valence-electron chi connectivity index (χ1n) is 10.3. The first-order valence-corrected chi connectivity index (χ1v) is 11.1. The Bertz CT molecular complexity index is 1360. The van der Waals surface area contributed by atoms with Crippen molar-refractivity contribution in [3.63, 3.8) is 0 Å². The van der Waals surface area contributed by atoms with Gasteiger partial charge in [-0.3, -0.25) is 4.68 Å². The minimum Gasteiger partial charge on any atom is -0.369 e. The topological polar surface area (TPSA) is 128 Å². The molecule has 0 radical (unpaired) electrons. The maximum absolute atomic E-state index is 4.86. The molecule has 0 unspecified atom stereocenters. The number of fused-ring (bicyclic) bond motifs is 1. The van der Waals surface area contributed by atoms with Gasteiger partial charge in [-0.15, -0.1) is 16.4 Å². The normalized spacial score (nSPS) is 11.7. The van der Waals surface area contributed by atoms with Crippen molar-refractivity contribution in [3.8, 4) is 22.2 Å². The van der Waals surface area contributed by atoms with Gasteiger partial charge < -0.3 is 9.88 Å². The minimum absolute atomic E-state index is 0.302. The van der Waals surface area contributed by atoms with E-state index < -0.39 is 0 Å². The van der Waals surface area contributed by atoms with E-state index in [1.807, 2.05) is 28.7 Å². The Hall–Kier alpha value is -3.67. The molecule has 0 saturated heterocycles. The third kappa shape index (κ3) is 3.62. The molecular weight excluding hydrogens is 426 g/mol. The molecule has 5 heterocycles. The second kappa shape index (κ2) is 8.11. The lowest BCUT2D eigenvalue weighted by atomic mass is 10.1. The predicted octanol–water partition coefficient (Wildman–Crippen LogP) is 3.01. The summed E-state index contributed by atoms with van der Waals surface area (Å²) in [7, 11) is 1.93. The van der Waals surface area contributed by atoms with Gasteiger partial charge in [0, 0.05) is 44.6 Å². The van der Waals surface area contributed by atoms with Crippen molar-refractivity contribution < 1.29 is 0 Å². The number of aromatic amines is 1. The summed E-state index contributed by atoms with van der Waals surface area (Å²) < 4.78 is 3.88. The van der Waals surface area contributed by atoms with Crippen LogP contribution >= 0.6 is 11.3 Å². The lowest BCUT2D eigenvalue weighted by Crippen LogP contribution is -2.09. The highest BCUT2D eigenvalue weighted by Gasteiger charge is 2.21. The highest BCUT2D eigenvalue weighted by Crippen LogP contribution is 2.40. The summed E-state index contributed by atoms with van der Waals surface area (Å²) in [5.41, 5.74) is 2.05. The smallest absolute Gasteiger partial charge is 0.199 e. The van der Waals surface area contributed by atoms with Crippen LogP contribution in [0.1, 0.15) is 31.3 Å². The number of rotatable bonds is 7. The summed E-state index contributed by atoms with van der Waals surface area (Å²) in [5, 5.41) is 23.2. The van der Waals surface area contributed by atoms with Gasteiger partial charge in [0.2, 0.25) is 0 Å². The number of aryl methyl sites for hydroxylation is 2. The number of H-pyrrole nitrogens is 1. The van der Waals surface area contributed by atoms with E-state index >= 15 is 0 Å². The Morgan fingerprint density at radius 2 is 2.09 bits per heavy atom. The van der Waals surface area contributed by atoms with E-state index in [-0.39, 0.29) is 0 Å². The lowest BCUT2D eigenvalue weighted by molar-refractivity contribution is 0.534. The first-order chi connectivity index (χ1) is 15.5. The van der Waals surface area contributed by atoms with Gasteiger partial charge >= 0.3 is 0 Å². The minimum atomic E-state index is 0.302. The zero-order valence-electron chi connectivity index (χ0n) is 18.2. The van der Waals surface area contributed by atoms with Gasteiger partial charge in [0.15, 0.2) is 11.6 Å². The molecule has 0 aliphatic rings. The standard InChI is InChI=1S/C20H23N11S/c1-11(2)31-9-6-13(27-31)16-12(3)15-17(21-7-5-14-25-28-29-26-14)23-18(24-20(15)32-16)19-22-8-10-30(19)4/h6,8-11H,5,7H2,1-4H3,(H,21,23,24)(H,25,26,28,29). The molecule has 0 amide bonds. The summed E-state index contributed by atoms with van der Waals surface area (Å²) >= 11 is 1.62. The highest BCUT2D eigenvalue weighted by atomic mass is 32.1. The van der Waals surface area contributed by atoms with Crippen LogP contribution < -0.4 is 5.32 Å². The van der Waals surface area contributed by atoms with E-state index in [0.29, 0.717) is 36.5 Å². The van der Waals surface area contributed by atoms with Gasteiger partial charge in [-0.25, -0.2) is 20.1 Å². The maximum atomic E-state index is 4.86. The highest BCUT2D eigenvalue weighted by molar-refractivity contribution is 7.22. The molecule has 5 aromatic heterocycles. The largest absolute Gasteiger partial charge is 0.369 e. The summed E-state index contributed by atoms with van der Waals surface area (Å²) in [5.74, 6) is 2.78. The number of aromatic nitrogens is 10. The van der Waals surface area contributed by atoms with E-state index in [2.05, 4.69) is 57.8 Å². The molecule has 0 aliphatic heterocycles. The van der Waals surface area contributed by atoms with E-state index in [4.69, 9.17) is 15.1 Å². The van der Waals surface area contributed by atoms with E-state index in [9.17, 15) is 0 Å². The van der Waals surface area contributed by atoms with Crippen LogP contribution in [0.25, 0.3) is 32.4 Å². The summed E-state index contributed by atoms with van der Waals surface area (Å²) in [6.07, 6.45) is 6.29. The molecule has 0 fully saturated rings. The Balaban J connectivity index is 1.59. The van der Waals surface area contributed by atoms with Crippen molar-refractivity contribution in [1.82, 2.24) is 49.9 Å². The lowest BCUT2D eigenvalue weighted by Gasteiger charge is -2.09. The van der Waals surface area contributed by atoms with Crippen LogP contribution in [-0.4, -0.2) is 56.5 Å². The van der Waals surface area contributed by atoms with Gasteiger partial charge in [-0.05, 0) is 42.8 Å². The zero-order valence-corrected chi connectivity index (χ0v) is 19.1. The number of anilines is 1. The van der Waals surface area contributed by atoms with Crippen molar-refractivity contribution >= 4 is 27.4 Å². The Morgan fingerprint density at radius 1 is 1.22 bits per heavy atom. The SMILES string of the molecule is Cc1c(-c2ccn(C(C)C)n2)sc2nc(-c3nccn3C)nc(NCCc3nnn[nH]3)c12. The molecule has 0 aliphatic carbocycles. The maximum Gasteiger partial charge on any atom is 0.199 e. The van der Waals surface area contributed by atoms with Crippen molar-refractivity contribution in [3.05, 3.63) is 36.0 Å². The Morgan fingerprint density at radius 3 is 2.78 bits per heavy atom. The van der Waals surface area contributed by atoms with Crippen molar-refractivity contribution in [1.29, 1.82) is 0 Å². The molecular formula is C20H23N11S. The molecule has 12 heteroatoms. The van der Waals surface area contributed by atoms with E-state index in [1.54, 1.807) is 17.5 Å². The van der Waals surface area contributed by atoms with Gasteiger partial charge in [0.25, 0.3) is 0 Å². The average Bonchev–Trinajstić information content (AvgIpc) is 3.55. The second-order valence-corrected chi connectivity index (χ2v) is 8.79. The van der Waals surface area contributed by atoms with Crippen LogP contribution in [-0.2, 0) is 13.5 Å². The fraction of sp³-hybridized carbons (Fsp3) is 0.350. The number of hydrogen-bond donors (Lipinski definition) is 2. The fourth-order valence-electron chi connectivity index (χ4n) is 3.52. The number of hydrogen-bond acceptors (Lipinski definition) is 9. The summed E-state index contributed by atoms with van der Waals surface area (Å²) in [6, 6.07) is 2.35. The van der Waals surface area contributed by atoms with Gasteiger partial charge in [0.1, 0.15) is 22.2 Å². The van der Waals surface area contributed by atoms with Crippen LogP contribution in [0.4, 0.5) is 5.82 Å². The quantitative estimate of drug-likeness (QED) is 0.388. The first kappa shape index (κ1) is 20.2. The van der Waals surface area contributed by atoms with Crippen molar-refractivity contribution in [2.45, 2.75) is 33.2 Å². The monoisotopic (exact) mass is 449 g/mol. The second-order valence-electron chi connectivity index (χ2n) is 7.79. The molecule has 11 nitrogen and oxygen atoms in total. The van der Waals surface area contributed by atoms with Gasteiger partial charge in [0.05, 0.1) is 10.3 Å². The molecule has 0 saturated carbocycles.